The lowest BCUT2D eigenvalue weighted by atomic mass is 10.1. The minimum atomic E-state index is -0.770. The third-order valence-corrected chi connectivity index (χ3v) is 6.59. The SMILES string of the molecule is NC(=O)c1cnn([C@H]2O[C@H](COCc3ccccc3)[C@@H](OCc3ccccc3)[C@@H]2OCc2ccccc2)c1N. The number of benzene rings is 3. The van der Waals surface area contributed by atoms with Crippen LogP contribution in [0.15, 0.2) is 97.2 Å². The molecule has 4 aromatic rings. The summed E-state index contributed by atoms with van der Waals surface area (Å²) in [4.78, 5) is 11.9. The molecular formula is C30H32N4O5. The predicted octanol–water partition coefficient (Wildman–Crippen LogP) is 3.85. The Morgan fingerprint density at radius 3 is 1.82 bits per heavy atom. The molecule has 0 unspecified atom stereocenters. The summed E-state index contributed by atoms with van der Waals surface area (Å²) in [6.45, 7) is 1.34. The second-order valence-corrected chi connectivity index (χ2v) is 9.34. The van der Waals surface area contributed by atoms with Gasteiger partial charge in [-0.25, -0.2) is 4.68 Å². The van der Waals surface area contributed by atoms with E-state index in [1.807, 2.05) is 91.0 Å². The van der Waals surface area contributed by atoms with Gasteiger partial charge in [-0.2, -0.15) is 5.10 Å². The van der Waals surface area contributed by atoms with Crippen LogP contribution in [0.3, 0.4) is 0 Å². The molecule has 1 aliphatic heterocycles. The summed E-state index contributed by atoms with van der Waals surface area (Å²) < 4.78 is 26.8. The van der Waals surface area contributed by atoms with Crippen molar-refractivity contribution in [2.75, 3.05) is 12.3 Å². The molecule has 4 N–H and O–H groups in total. The zero-order valence-corrected chi connectivity index (χ0v) is 21.5. The highest BCUT2D eigenvalue weighted by atomic mass is 16.6. The predicted molar refractivity (Wildman–Crippen MR) is 145 cm³/mol. The smallest absolute Gasteiger partial charge is 0.254 e. The number of rotatable bonds is 12. The lowest BCUT2D eigenvalue weighted by molar-refractivity contribution is -0.0928. The van der Waals surface area contributed by atoms with Crippen LogP contribution in [0.4, 0.5) is 5.82 Å². The number of nitrogens with zero attached hydrogens (tertiary/aromatic N) is 2. The van der Waals surface area contributed by atoms with Gasteiger partial charge in [-0.3, -0.25) is 4.79 Å². The van der Waals surface area contributed by atoms with Gasteiger partial charge in [0.2, 0.25) is 0 Å². The molecule has 9 nitrogen and oxygen atoms in total. The third-order valence-electron chi connectivity index (χ3n) is 6.59. The maximum Gasteiger partial charge on any atom is 0.254 e. The van der Waals surface area contributed by atoms with Crippen LogP contribution in [0.5, 0.6) is 0 Å². The molecule has 2 heterocycles. The number of primary amides is 1. The van der Waals surface area contributed by atoms with E-state index in [0.717, 1.165) is 16.7 Å². The zero-order chi connectivity index (χ0) is 27.0. The van der Waals surface area contributed by atoms with Gasteiger partial charge in [0.1, 0.15) is 29.7 Å². The van der Waals surface area contributed by atoms with E-state index in [4.69, 9.17) is 30.4 Å². The van der Waals surface area contributed by atoms with E-state index < -0.39 is 30.4 Å². The first-order chi connectivity index (χ1) is 19.1. The van der Waals surface area contributed by atoms with Crippen molar-refractivity contribution in [1.82, 2.24) is 9.78 Å². The van der Waals surface area contributed by atoms with Crippen LogP contribution in [0.1, 0.15) is 33.3 Å². The summed E-state index contributed by atoms with van der Waals surface area (Å²) in [5, 5.41) is 4.33. The molecule has 1 fully saturated rings. The van der Waals surface area contributed by atoms with Crippen molar-refractivity contribution in [2.45, 2.75) is 44.4 Å². The monoisotopic (exact) mass is 528 g/mol. The van der Waals surface area contributed by atoms with Crippen LogP contribution in [0.2, 0.25) is 0 Å². The number of anilines is 1. The van der Waals surface area contributed by atoms with Gasteiger partial charge in [0.15, 0.2) is 6.23 Å². The molecule has 0 spiro atoms. The first kappa shape index (κ1) is 26.6. The number of aromatic nitrogens is 2. The number of carbonyl (C=O) groups excluding carboxylic acids is 1. The van der Waals surface area contributed by atoms with Crippen LogP contribution in [0, 0.1) is 0 Å². The van der Waals surface area contributed by atoms with Gasteiger partial charge in [0, 0.05) is 0 Å². The van der Waals surface area contributed by atoms with Crippen molar-refractivity contribution >= 4 is 11.7 Å². The highest BCUT2D eigenvalue weighted by Crippen LogP contribution is 2.36. The standard InChI is InChI=1S/C30H32N4O5/c31-28-24(29(32)35)16-33-34(28)30-27(38-19-23-14-8-3-9-15-23)26(37-18-22-12-6-2-7-13-22)25(39-30)20-36-17-21-10-4-1-5-11-21/h1-16,25-27,30H,17-20,31H2,(H2,32,35)/t25-,26-,27+,30+/m1/s1. The highest BCUT2D eigenvalue weighted by Gasteiger charge is 2.48. The van der Waals surface area contributed by atoms with E-state index in [2.05, 4.69) is 5.10 Å². The van der Waals surface area contributed by atoms with Crippen LogP contribution in [-0.2, 0) is 38.8 Å². The van der Waals surface area contributed by atoms with Crippen LogP contribution in [0.25, 0.3) is 0 Å². The maximum atomic E-state index is 11.9. The number of carbonyl (C=O) groups is 1. The van der Waals surface area contributed by atoms with Crippen LogP contribution in [-0.4, -0.2) is 40.6 Å². The minimum Gasteiger partial charge on any atom is -0.383 e. The summed E-state index contributed by atoms with van der Waals surface area (Å²) in [6.07, 6.45) is -1.05. The van der Waals surface area contributed by atoms with Gasteiger partial charge in [0.25, 0.3) is 5.91 Å². The molecule has 1 saturated heterocycles. The topological polar surface area (TPSA) is 124 Å². The molecular weight excluding hydrogens is 496 g/mol. The molecule has 1 aliphatic rings. The van der Waals surface area contributed by atoms with Crippen molar-refractivity contribution < 1.29 is 23.7 Å². The Labute approximate surface area is 227 Å². The van der Waals surface area contributed by atoms with Crippen molar-refractivity contribution in [1.29, 1.82) is 0 Å². The summed E-state index contributed by atoms with van der Waals surface area (Å²) >= 11 is 0. The van der Waals surface area contributed by atoms with Gasteiger partial charge in [-0.05, 0) is 16.7 Å². The quantitative estimate of drug-likeness (QED) is 0.286. The molecule has 9 heteroatoms. The second kappa shape index (κ2) is 12.7. The van der Waals surface area contributed by atoms with Crippen molar-refractivity contribution in [2.24, 2.45) is 5.73 Å². The third kappa shape index (κ3) is 6.52. The number of nitrogens with two attached hydrogens (primary N) is 2. The fourth-order valence-corrected chi connectivity index (χ4v) is 4.58. The summed E-state index contributed by atoms with van der Waals surface area (Å²) in [5.41, 5.74) is 14.9. The lowest BCUT2D eigenvalue weighted by Crippen LogP contribution is -2.38. The van der Waals surface area contributed by atoms with Crippen molar-refractivity contribution in [3.63, 3.8) is 0 Å². The molecule has 0 aliphatic carbocycles. The Morgan fingerprint density at radius 2 is 1.31 bits per heavy atom. The number of nitrogen functional groups attached to an aromatic ring is 1. The molecule has 0 bridgehead atoms. The van der Waals surface area contributed by atoms with Crippen LogP contribution < -0.4 is 11.5 Å². The highest BCUT2D eigenvalue weighted by molar-refractivity contribution is 5.96. The molecule has 4 atom stereocenters. The number of hydrogen-bond acceptors (Lipinski definition) is 7. The first-order valence-electron chi connectivity index (χ1n) is 12.8. The number of ether oxygens (including phenoxy) is 4. The Bertz CT molecular complexity index is 1330. The van der Waals surface area contributed by atoms with E-state index in [1.165, 1.54) is 10.9 Å². The van der Waals surface area contributed by atoms with E-state index in [-0.39, 0.29) is 18.0 Å². The number of amides is 1. The van der Waals surface area contributed by atoms with Gasteiger partial charge in [-0.1, -0.05) is 91.0 Å². The second-order valence-electron chi connectivity index (χ2n) is 9.34. The summed E-state index contributed by atoms with van der Waals surface area (Å²) in [7, 11) is 0. The van der Waals surface area contributed by atoms with E-state index >= 15 is 0 Å². The minimum absolute atomic E-state index is 0.105. The largest absolute Gasteiger partial charge is 0.383 e. The molecule has 39 heavy (non-hydrogen) atoms. The van der Waals surface area contributed by atoms with Crippen molar-refractivity contribution in [3.8, 4) is 0 Å². The fourth-order valence-electron chi connectivity index (χ4n) is 4.58. The van der Waals surface area contributed by atoms with Gasteiger partial charge < -0.3 is 30.4 Å². The maximum absolute atomic E-state index is 11.9. The molecule has 0 saturated carbocycles. The first-order valence-corrected chi connectivity index (χ1v) is 12.8. The molecule has 0 radical (unpaired) electrons. The van der Waals surface area contributed by atoms with Gasteiger partial charge in [-0.15, -0.1) is 0 Å². The molecule has 1 amide bonds. The Kier molecular flexibility index (Phi) is 8.65. The Hall–Kier alpha value is -4.02. The fraction of sp³-hybridized carbons (Fsp3) is 0.267. The van der Waals surface area contributed by atoms with Gasteiger partial charge >= 0.3 is 0 Å². The molecule has 202 valence electrons. The average molecular weight is 529 g/mol. The lowest BCUT2D eigenvalue weighted by Gasteiger charge is -2.25. The average Bonchev–Trinajstić information content (AvgIpc) is 3.52. The summed E-state index contributed by atoms with van der Waals surface area (Å²) in [6, 6.07) is 29.6. The van der Waals surface area contributed by atoms with Crippen LogP contribution >= 0.6 is 0 Å². The Balaban J connectivity index is 1.41. The van der Waals surface area contributed by atoms with Gasteiger partial charge in [0.05, 0.1) is 32.6 Å². The van der Waals surface area contributed by atoms with E-state index in [1.54, 1.807) is 0 Å². The van der Waals surface area contributed by atoms with Crippen molar-refractivity contribution in [3.05, 3.63) is 119 Å². The molecule has 1 aromatic heterocycles. The molecule has 3 aromatic carbocycles. The zero-order valence-electron chi connectivity index (χ0n) is 21.5. The Morgan fingerprint density at radius 1 is 0.795 bits per heavy atom. The normalized spacial score (nSPS) is 20.7. The summed E-state index contributed by atoms with van der Waals surface area (Å²) in [5.74, 6) is -0.563. The van der Waals surface area contributed by atoms with E-state index in [0.29, 0.717) is 19.8 Å². The van der Waals surface area contributed by atoms with E-state index in [9.17, 15) is 4.79 Å². The molecule has 5 rings (SSSR count). The number of hydrogen-bond donors (Lipinski definition) is 2.